The normalized spacial score (nSPS) is 29.2. The standard InChI is InChI=1S/C3H6O4S.Na.H/c4-8(5)3-1-2-6-7-3;;/h3H,1-2H2,(H,4,5);;. The molecule has 1 rings (SSSR count). The minimum absolute atomic E-state index is 0. The molecule has 1 aliphatic rings. The molecule has 0 aromatic heterocycles. The zero-order valence-electron chi connectivity index (χ0n) is 4.07. The van der Waals surface area contributed by atoms with Crippen molar-refractivity contribution in [2.45, 2.75) is 11.9 Å². The molecule has 0 saturated carbocycles. The average Bonchev–Trinajstić information content (AvgIpc) is 2.12. The molecule has 0 aliphatic carbocycles. The van der Waals surface area contributed by atoms with E-state index < -0.39 is 16.5 Å². The molecule has 0 spiro atoms. The van der Waals surface area contributed by atoms with Crippen molar-refractivity contribution in [3.63, 3.8) is 0 Å². The van der Waals surface area contributed by atoms with E-state index in [9.17, 15) is 4.21 Å². The molecule has 9 heavy (non-hydrogen) atoms. The van der Waals surface area contributed by atoms with Crippen LogP contribution in [0.25, 0.3) is 0 Å². The van der Waals surface area contributed by atoms with Gasteiger partial charge in [0.2, 0.25) is 0 Å². The quantitative estimate of drug-likeness (QED) is 0.313. The van der Waals surface area contributed by atoms with Crippen molar-refractivity contribution in [3.8, 4) is 0 Å². The van der Waals surface area contributed by atoms with Gasteiger partial charge in [0.1, 0.15) is 0 Å². The van der Waals surface area contributed by atoms with E-state index >= 15 is 0 Å². The van der Waals surface area contributed by atoms with Crippen molar-refractivity contribution in [2.75, 3.05) is 6.61 Å². The molecule has 4 nitrogen and oxygen atoms in total. The second kappa shape index (κ2) is 4.79. The van der Waals surface area contributed by atoms with Crippen LogP contribution in [-0.4, -0.2) is 50.4 Å². The van der Waals surface area contributed by atoms with Crippen LogP contribution in [-0.2, 0) is 20.9 Å². The Morgan fingerprint density at radius 1 is 1.67 bits per heavy atom. The third kappa shape index (κ3) is 3.08. The average molecular weight is 162 g/mol. The van der Waals surface area contributed by atoms with Crippen molar-refractivity contribution < 1.29 is 18.5 Å². The van der Waals surface area contributed by atoms with Crippen LogP contribution in [0.2, 0.25) is 0 Å². The van der Waals surface area contributed by atoms with Gasteiger partial charge in [-0.2, -0.15) is 0 Å². The summed E-state index contributed by atoms with van der Waals surface area (Å²) in [4.78, 5) is 8.73. The molecule has 2 atom stereocenters. The van der Waals surface area contributed by atoms with E-state index in [0.717, 1.165) is 0 Å². The van der Waals surface area contributed by atoms with Crippen molar-refractivity contribution in [2.24, 2.45) is 0 Å². The maximum atomic E-state index is 10.1. The summed E-state index contributed by atoms with van der Waals surface area (Å²) in [7, 11) is 0. The molecule has 1 saturated heterocycles. The molecule has 1 N–H and O–H groups in total. The Hall–Kier alpha value is 1.03. The molecule has 0 bridgehead atoms. The summed E-state index contributed by atoms with van der Waals surface area (Å²) in [6.45, 7) is 0.414. The molecule has 50 valence electrons. The number of hydrogen-bond acceptors (Lipinski definition) is 3. The van der Waals surface area contributed by atoms with Gasteiger partial charge in [0.05, 0.1) is 6.61 Å². The Morgan fingerprint density at radius 3 is 2.56 bits per heavy atom. The number of rotatable bonds is 1. The van der Waals surface area contributed by atoms with Gasteiger partial charge in [-0.3, -0.25) is 0 Å². The first-order valence-electron chi connectivity index (χ1n) is 2.18. The van der Waals surface area contributed by atoms with E-state index in [1.54, 1.807) is 0 Å². The van der Waals surface area contributed by atoms with Gasteiger partial charge in [-0.1, -0.05) is 0 Å². The monoisotopic (exact) mass is 162 g/mol. The van der Waals surface area contributed by atoms with E-state index in [0.29, 0.717) is 13.0 Å². The van der Waals surface area contributed by atoms with Gasteiger partial charge >= 0.3 is 29.6 Å². The predicted octanol–water partition coefficient (Wildman–Crippen LogP) is -0.762. The molecule has 6 heteroatoms. The van der Waals surface area contributed by atoms with Crippen LogP contribution in [0.1, 0.15) is 6.42 Å². The van der Waals surface area contributed by atoms with Gasteiger partial charge < -0.3 is 4.55 Å². The van der Waals surface area contributed by atoms with Crippen molar-refractivity contribution in [1.82, 2.24) is 0 Å². The van der Waals surface area contributed by atoms with Gasteiger partial charge in [0.25, 0.3) is 0 Å². The summed E-state index contributed by atoms with van der Waals surface area (Å²) < 4.78 is 18.4. The fourth-order valence-electron chi connectivity index (χ4n) is 0.451. The maximum absolute atomic E-state index is 10.1. The Labute approximate surface area is 77.4 Å². The summed E-state index contributed by atoms with van der Waals surface area (Å²) in [5, 5.41) is 0. The van der Waals surface area contributed by atoms with Gasteiger partial charge in [-0.05, 0) is 0 Å². The first-order valence-corrected chi connectivity index (χ1v) is 3.35. The van der Waals surface area contributed by atoms with Crippen LogP contribution < -0.4 is 0 Å². The summed E-state index contributed by atoms with van der Waals surface area (Å²) in [5.74, 6) is 0. The molecule has 1 aliphatic heterocycles. The van der Waals surface area contributed by atoms with Crippen LogP contribution in [0.4, 0.5) is 0 Å². The van der Waals surface area contributed by atoms with Gasteiger partial charge in [0.15, 0.2) is 16.5 Å². The second-order valence-corrected chi connectivity index (χ2v) is 2.49. The van der Waals surface area contributed by atoms with E-state index in [4.69, 9.17) is 4.55 Å². The van der Waals surface area contributed by atoms with Crippen LogP contribution >= 0.6 is 0 Å². The molecule has 0 aromatic carbocycles. The summed E-state index contributed by atoms with van der Waals surface area (Å²) in [6.07, 6.45) is 0.503. The fraction of sp³-hybridized carbons (Fsp3) is 1.00. The fourth-order valence-corrected chi connectivity index (χ4v) is 0.872. The zero-order valence-corrected chi connectivity index (χ0v) is 4.89. The topological polar surface area (TPSA) is 55.8 Å². The first-order chi connectivity index (χ1) is 3.80. The molecule has 0 aromatic rings. The molecule has 0 amide bonds. The van der Waals surface area contributed by atoms with Gasteiger partial charge in [0, 0.05) is 6.42 Å². The molecular weight excluding hydrogens is 155 g/mol. The Bertz CT molecular complexity index is 102. The van der Waals surface area contributed by atoms with Gasteiger partial charge in [-0.15, -0.1) is 0 Å². The number of hydrogen-bond donors (Lipinski definition) is 1. The van der Waals surface area contributed by atoms with E-state index in [2.05, 4.69) is 9.78 Å². The summed E-state index contributed by atoms with van der Waals surface area (Å²) >= 11 is -1.89. The molecule has 0 radical (unpaired) electrons. The van der Waals surface area contributed by atoms with Crippen LogP contribution in [0, 0.1) is 0 Å². The van der Waals surface area contributed by atoms with E-state index in [1.165, 1.54) is 0 Å². The summed E-state index contributed by atoms with van der Waals surface area (Å²) in [5.41, 5.74) is -0.630. The van der Waals surface area contributed by atoms with Gasteiger partial charge in [-0.25, -0.2) is 14.0 Å². The second-order valence-electron chi connectivity index (χ2n) is 1.41. The minimum atomic E-state index is -1.89. The van der Waals surface area contributed by atoms with Crippen molar-refractivity contribution >= 4 is 40.6 Å². The Balaban J connectivity index is 0.000000640. The molecule has 2 unspecified atom stereocenters. The van der Waals surface area contributed by atoms with Crippen LogP contribution in [0.3, 0.4) is 0 Å². The van der Waals surface area contributed by atoms with Crippen molar-refractivity contribution in [1.29, 1.82) is 0 Å². The summed E-state index contributed by atoms with van der Waals surface area (Å²) in [6, 6.07) is 0. The van der Waals surface area contributed by atoms with E-state index in [-0.39, 0.29) is 29.6 Å². The molecular formula is C3H7NaO4S. The van der Waals surface area contributed by atoms with Crippen molar-refractivity contribution in [3.05, 3.63) is 0 Å². The third-order valence-corrected chi connectivity index (χ3v) is 1.60. The predicted molar refractivity (Wildman–Crippen MR) is 33.4 cm³/mol. The third-order valence-electron chi connectivity index (χ3n) is 0.837. The SMILES string of the molecule is O=S(O)C1CCOO1.[NaH]. The molecule has 1 fully saturated rings. The Kier molecular flexibility index (Phi) is 5.33. The zero-order chi connectivity index (χ0) is 5.98. The Morgan fingerprint density at radius 2 is 2.33 bits per heavy atom. The van der Waals surface area contributed by atoms with Crippen LogP contribution in [0.15, 0.2) is 0 Å². The van der Waals surface area contributed by atoms with Crippen LogP contribution in [0.5, 0.6) is 0 Å². The first kappa shape index (κ1) is 10.0. The molecule has 1 heterocycles. The van der Waals surface area contributed by atoms with E-state index in [1.807, 2.05) is 0 Å².